The van der Waals surface area contributed by atoms with Gasteiger partial charge in [-0.1, -0.05) is 23.8 Å². The predicted molar refractivity (Wildman–Crippen MR) is 74.7 cm³/mol. The van der Waals surface area contributed by atoms with Crippen LogP contribution in [0.15, 0.2) is 18.5 Å². The van der Waals surface area contributed by atoms with Crippen molar-refractivity contribution in [1.82, 2.24) is 9.88 Å². The van der Waals surface area contributed by atoms with Crippen LogP contribution in [-0.2, 0) is 0 Å². The van der Waals surface area contributed by atoms with E-state index in [0.29, 0.717) is 34.6 Å². The minimum absolute atomic E-state index is 0.0684. The first-order valence-electron chi connectivity index (χ1n) is 5.78. The molecule has 0 radical (unpaired) electrons. The Bertz CT molecular complexity index is 476. The molecular weight excluding hydrogens is 270 g/mol. The number of halogens is 1. The van der Waals surface area contributed by atoms with Crippen molar-refractivity contribution in [2.24, 2.45) is 5.73 Å². The molecule has 2 rings (SSSR count). The second kappa shape index (κ2) is 5.63. The van der Waals surface area contributed by atoms with Crippen molar-refractivity contribution in [3.63, 3.8) is 0 Å². The van der Waals surface area contributed by atoms with E-state index in [-0.39, 0.29) is 5.91 Å². The summed E-state index contributed by atoms with van der Waals surface area (Å²) in [5.74, 6) is -0.0684. The van der Waals surface area contributed by atoms with Crippen LogP contribution in [0.3, 0.4) is 0 Å². The van der Waals surface area contributed by atoms with E-state index in [2.05, 4.69) is 4.98 Å². The van der Waals surface area contributed by atoms with Crippen molar-refractivity contribution in [3.05, 3.63) is 29.0 Å². The lowest BCUT2D eigenvalue weighted by atomic mass is 10.2. The van der Waals surface area contributed by atoms with Crippen molar-refractivity contribution >= 4 is 34.7 Å². The van der Waals surface area contributed by atoms with Gasteiger partial charge in [0, 0.05) is 31.4 Å². The summed E-state index contributed by atoms with van der Waals surface area (Å²) >= 11 is 10.8. The molecule has 2 N–H and O–H groups in total. The molecule has 0 bridgehead atoms. The van der Waals surface area contributed by atoms with Gasteiger partial charge in [-0.15, -0.1) is 0 Å². The largest absolute Gasteiger partial charge is 0.393 e. The summed E-state index contributed by atoms with van der Waals surface area (Å²) in [6, 6.07) is 1.94. The van der Waals surface area contributed by atoms with Crippen molar-refractivity contribution in [1.29, 1.82) is 0 Å². The van der Waals surface area contributed by atoms with Crippen LogP contribution in [0.1, 0.15) is 29.6 Å². The molecule has 0 spiro atoms. The first-order chi connectivity index (χ1) is 8.59. The molecular formula is C12H14ClN3OS. The van der Waals surface area contributed by atoms with E-state index in [9.17, 15) is 4.79 Å². The highest BCUT2D eigenvalue weighted by Crippen LogP contribution is 2.29. The number of thiocarbonyl (C=S) groups is 1. The maximum atomic E-state index is 12.4. The summed E-state index contributed by atoms with van der Waals surface area (Å²) in [5.41, 5.74) is 5.97. The molecule has 0 aliphatic heterocycles. The van der Waals surface area contributed by atoms with Crippen LogP contribution < -0.4 is 5.73 Å². The Morgan fingerprint density at radius 2 is 2.33 bits per heavy atom. The van der Waals surface area contributed by atoms with E-state index in [1.54, 1.807) is 17.2 Å². The molecule has 18 heavy (non-hydrogen) atoms. The van der Waals surface area contributed by atoms with Gasteiger partial charge in [0.05, 0.1) is 15.6 Å². The van der Waals surface area contributed by atoms with E-state index in [1.165, 1.54) is 6.20 Å². The Balaban J connectivity index is 2.13. The lowest BCUT2D eigenvalue weighted by Crippen LogP contribution is -2.35. The molecule has 0 saturated heterocycles. The van der Waals surface area contributed by atoms with Gasteiger partial charge in [0.2, 0.25) is 0 Å². The third kappa shape index (κ3) is 3.17. The highest BCUT2D eigenvalue weighted by Gasteiger charge is 2.33. The fourth-order valence-electron chi connectivity index (χ4n) is 1.77. The lowest BCUT2D eigenvalue weighted by Gasteiger charge is -2.22. The molecule has 0 atom stereocenters. The zero-order valence-electron chi connectivity index (χ0n) is 9.80. The number of nitrogens with zero attached hydrogens (tertiary/aromatic N) is 2. The summed E-state index contributed by atoms with van der Waals surface area (Å²) in [7, 11) is 0. The van der Waals surface area contributed by atoms with Gasteiger partial charge in [-0.2, -0.15) is 0 Å². The first kappa shape index (κ1) is 13.2. The maximum absolute atomic E-state index is 12.4. The van der Waals surface area contributed by atoms with E-state index in [4.69, 9.17) is 29.6 Å². The first-order valence-corrected chi connectivity index (χ1v) is 6.57. The van der Waals surface area contributed by atoms with Crippen LogP contribution in [0.4, 0.5) is 0 Å². The molecule has 0 aromatic carbocycles. The number of carbonyl (C=O) groups is 1. The molecule has 0 unspecified atom stereocenters. The molecule has 4 nitrogen and oxygen atoms in total. The number of pyridine rings is 1. The van der Waals surface area contributed by atoms with Gasteiger partial charge >= 0.3 is 0 Å². The van der Waals surface area contributed by atoms with Crippen LogP contribution in [0.2, 0.25) is 5.02 Å². The van der Waals surface area contributed by atoms with E-state index in [1.807, 2.05) is 0 Å². The van der Waals surface area contributed by atoms with Crippen LogP contribution >= 0.6 is 23.8 Å². The summed E-state index contributed by atoms with van der Waals surface area (Å²) in [5, 5.41) is 0.378. The fourth-order valence-corrected chi connectivity index (χ4v) is 2.06. The monoisotopic (exact) mass is 283 g/mol. The fraction of sp³-hybridized carbons (Fsp3) is 0.417. The van der Waals surface area contributed by atoms with Crippen molar-refractivity contribution < 1.29 is 4.79 Å². The molecule has 1 amide bonds. The SMILES string of the molecule is NC(=S)CCN(C(=O)c1ccncc1Cl)C1CC1. The average molecular weight is 284 g/mol. The minimum Gasteiger partial charge on any atom is -0.393 e. The Kier molecular flexibility index (Phi) is 4.14. The van der Waals surface area contributed by atoms with Gasteiger partial charge in [0.15, 0.2) is 0 Å². The number of aromatic nitrogens is 1. The highest BCUT2D eigenvalue weighted by atomic mass is 35.5. The molecule has 1 aliphatic rings. The summed E-state index contributed by atoms with van der Waals surface area (Å²) in [6.45, 7) is 0.553. The zero-order chi connectivity index (χ0) is 13.1. The predicted octanol–water partition coefficient (Wildman–Crippen LogP) is 2.02. The number of amides is 1. The Labute approximate surface area is 116 Å². The topological polar surface area (TPSA) is 59.2 Å². The third-order valence-corrected chi connectivity index (χ3v) is 3.36. The molecule has 1 fully saturated rings. The van der Waals surface area contributed by atoms with Crippen LogP contribution in [0.5, 0.6) is 0 Å². The molecule has 6 heteroatoms. The lowest BCUT2D eigenvalue weighted by molar-refractivity contribution is 0.0748. The van der Waals surface area contributed by atoms with Gasteiger partial charge in [0.25, 0.3) is 5.91 Å². The van der Waals surface area contributed by atoms with Gasteiger partial charge in [-0.05, 0) is 18.9 Å². The molecule has 96 valence electrons. The number of hydrogen-bond donors (Lipinski definition) is 1. The summed E-state index contributed by atoms with van der Waals surface area (Å²) in [4.78, 5) is 18.5. The van der Waals surface area contributed by atoms with Gasteiger partial charge < -0.3 is 10.6 Å². The molecule has 1 aromatic rings. The van der Waals surface area contributed by atoms with E-state index < -0.39 is 0 Å². The van der Waals surface area contributed by atoms with Gasteiger partial charge in [0.1, 0.15) is 0 Å². The number of carbonyl (C=O) groups excluding carboxylic acids is 1. The number of hydrogen-bond acceptors (Lipinski definition) is 3. The Morgan fingerprint density at radius 1 is 1.61 bits per heavy atom. The van der Waals surface area contributed by atoms with Crippen molar-refractivity contribution in [2.75, 3.05) is 6.54 Å². The normalized spacial score (nSPS) is 14.3. The van der Waals surface area contributed by atoms with E-state index in [0.717, 1.165) is 12.8 Å². The molecule has 1 aliphatic carbocycles. The van der Waals surface area contributed by atoms with Crippen LogP contribution in [0, 0.1) is 0 Å². The summed E-state index contributed by atoms with van der Waals surface area (Å²) in [6.07, 6.45) is 5.66. The maximum Gasteiger partial charge on any atom is 0.255 e. The average Bonchev–Trinajstić information content (AvgIpc) is 3.13. The Hall–Kier alpha value is -1.20. The molecule has 1 saturated carbocycles. The van der Waals surface area contributed by atoms with Crippen LogP contribution in [0.25, 0.3) is 0 Å². The minimum atomic E-state index is -0.0684. The standard InChI is InChI=1S/C12H14ClN3OS/c13-10-7-15-5-3-9(10)12(17)16(8-1-2-8)6-4-11(14)18/h3,5,7-8H,1-2,4,6H2,(H2,14,18). The van der Waals surface area contributed by atoms with Gasteiger partial charge in [-0.25, -0.2) is 0 Å². The van der Waals surface area contributed by atoms with Crippen molar-refractivity contribution in [2.45, 2.75) is 25.3 Å². The Morgan fingerprint density at radius 3 is 2.89 bits per heavy atom. The number of rotatable bonds is 5. The second-order valence-electron chi connectivity index (χ2n) is 4.30. The second-order valence-corrected chi connectivity index (χ2v) is 5.23. The molecule has 1 aromatic heterocycles. The zero-order valence-corrected chi connectivity index (χ0v) is 11.4. The van der Waals surface area contributed by atoms with E-state index >= 15 is 0 Å². The smallest absolute Gasteiger partial charge is 0.255 e. The summed E-state index contributed by atoms with van der Waals surface area (Å²) < 4.78 is 0. The van der Waals surface area contributed by atoms with Crippen molar-refractivity contribution in [3.8, 4) is 0 Å². The van der Waals surface area contributed by atoms with Crippen LogP contribution in [-0.4, -0.2) is 33.4 Å². The number of nitrogens with two attached hydrogens (primary N) is 1. The third-order valence-electron chi connectivity index (χ3n) is 2.85. The quantitative estimate of drug-likeness (QED) is 0.840. The molecule has 1 heterocycles. The highest BCUT2D eigenvalue weighted by molar-refractivity contribution is 7.80. The van der Waals surface area contributed by atoms with Gasteiger partial charge in [-0.3, -0.25) is 9.78 Å².